The van der Waals surface area contributed by atoms with Gasteiger partial charge in [0.1, 0.15) is 17.5 Å². The molecule has 1 fully saturated rings. The number of rotatable bonds is 5. The molecule has 1 atom stereocenters. The molecule has 5 aliphatic rings. The van der Waals surface area contributed by atoms with E-state index >= 15 is 0 Å². The molecule has 0 spiro atoms. The lowest BCUT2D eigenvalue weighted by Gasteiger charge is -2.48. The molecule has 0 radical (unpaired) electrons. The predicted octanol–water partition coefficient (Wildman–Crippen LogP) is 11.0. The number of allylic oxidation sites excluding steroid dienone is 2. The molecule has 0 bridgehead atoms. The quantitative estimate of drug-likeness (QED) is 0.127. The van der Waals surface area contributed by atoms with Crippen molar-refractivity contribution >= 4 is 90.2 Å². The molecule has 0 amide bonds. The molecule has 0 aliphatic carbocycles. The summed E-state index contributed by atoms with van der Waals surface area (Å²) in [5.41, 5.74) is 18.2. The smallest absolute Gasteiger partial charge is 0.409 e. The summed E-state index contributed by atoms with van der Waals surface area (Å²) in [6.45, 7) is 45.2. The minimum atomic E-state index is 0.0550. The monoisotopic (exact) mass is 1250 g/mol. The molecule has 13 heteroatoms. The fourth-order valence-corrected chi connectivity index (χ4v) is 16.8. The maximum absolute atomic E-state index is 2.78. The highest BCUT2D eigenvalue weighted by molar-refractivity contribution is 6.86. The normalized spacial score (nSPS) is 17.4. The number of pyridine rings is 2. The van der Waals surface area contributed by atoms with Gasteiger partial charge in [0.2, 0.25) is 0 Å². The van der Waals surface area contributed by atoms with E-state index in [2.05, 4.69) is 397 Å². The molecule has 1 saturated heterocycles. The van der Waals surface area contributed by atoms with Gasteiger partial charge in [0, 0.05) is 52.9 Å². The standard InChI is InChI=1S/C25H31BN3.C23H37BN2.C17H20BN2.C16H18BN2/c1-18-21-15-11-12-16-22(21)24(25(3,4)5)28(7)26(18)23-17-29(19(2)27(23)6)20-13-9-8-10-14-20;1-16-18-13-11-12-14-19(18)20(21(3,4)5)25(10)24(16)26-17(2)22(6,7)15-23(26,8)9;1-13-9-10-17(19(4)12-13)20-14(2)11-15-7-5-6-8-16(15)18(20)3;1-13-12-14-8-4-5-9-15(14)17(2)19(13)16-10-6-7-11-18(16)3/h8-17H,1-7H3;11-14,17H,15H2,1-10H3;5-12H,1-4H3;4-12H,1-3H3/q+1;;2*+1. The number of imidazole rings is 1. The molecule has 1 unspecified atom stereocenters. The average Bonchev–Trinajstić information content (AvgIpc) is 1.35. The maximum Gasteiger partial charge on any atom is 0.409 e. The zero-order valence-electron chi connectivity index (χ0n) is 61.5. The highest BCUT2D eigenvalue weighted by atomic mass is 15.3. The minimum absolute atomic E-state index is 0.0550. The van der Waals surface area contributed by atoms with Crippen LogP contribution in [0.2, 0.25) is 13.6 Å². The van der Waals surface area contributed by atoms with Gasteiger partial charge in [0.15, 0.2) is 0 Å². The van der Waals surface area contributed by atoms with Crippen LogP contribution in [0.1, 0.15) is 133 Å². The van der Waals surface area contributed by atoms with Gasteiger partial charge in [-0.15, -0.1) is 0 Å². The second-order valence-corrected chi connectivity index (χ2v) is 30.8. The zero-order chi connectivity index (χ0) is 68.3. The Morgan fingerprint density at radius 1 is 0.500 bits per heavy atom. The Bertz CT molecular complexity index is 4470. The van der Waals surface area contributed by atoms with Crippen molar-refractivity contribution in [1.29, 1.82) is 0 Å². The Kier molecular flexibility index (Phi) is 19.5. The van der Waals surface area contributed by atoms with Crippen molar-refractivity contribution in [2.45, 2.75) is 149 Å². The summed E-state index contributed by atoms with van der Waals surface area (Å²) >= 11 is 0. The molecule has 0 N–H and O–H groups in total. The number of anilines is 2. The third-order valence-corrected chi connectivity index (χ3v) is 21.0. The van der Waals surface area contributed by atoms with Crippen molar-refractivity contribution in [3.8, 4) is 5.69 Å². The van der Waals surface area contributed by atoms with Gasteiger partial charge < -0.3 is 14.4 Å². The number of hydrogen-bond donors (Lipinski definition) is 0. The molecule has 8 aromatic rings. The highest BCUT2D eigenvalue weighted by Crippen LogP contribution is 2.48. The fourth-order valence-electron chi connectivity index (χ4n) is 16.8. The van der Waals surface area contributed by atoms with Crippen LogP contribution < -0.4 is 60.7 Å². The van der Waals surface area contributed by atoms with Gasteiger partial charge in [-0.05, 0) is 180 Å². The van der Waals surface area contributed by atoms with E-state index < -0.39 is 0 Å². The van der Waals surface area contributed by atoms with Gasteiger partial charge >= 0.3 is 27.5 Å². The lowest BCUT2D eigenvalue weighted by Crippen LogP contribution is -2.64. The number of hydrogen-bond acceptors (Lipinski definition) is 5. The zero-order valence-corrected chi connectivity index (χ0v) is 61.5. The van der Waals surface area contributed by atoms with E-state index in [9.17, 15) is 0 Å². The van der Waals surface area contributed by atoms with Crippen molar-refractivity contribution in [3.05, 3.63) is 231 Å². The molecule has 3 aromatic heterocycles. The molecule has 8 heterocycles. The summed E-state index contributed by atoms with van der Waals surface area (Å²) in [6, 6.07) is 57.0. The van der Waals surface area contributed by atoms with Gasteiger partial charge in [-0.1, -0.05) is 188 Å². The van der Waals surface area contributed by atoms with Crippen LogP contribution in [0.3, 0.4) is 0 Å². The second-order valence-electron chi connectivity index (χ2n) is 30.8. The Morgan fingerprint density at radius 2 is 0.957 bits per heavy atom. The Labute approximate surface area is 566 Å². The van der Waals surface area contributed by atoms with Gasteiger partial charge in [0.25, 0.3) is 17.5 Å². The lowest BCUT2D eigenvalue weighted by atomic mass is 9.49. The second kappa shape index (κ2) is 26.6. The van der Waals surface area contributed by atoms with Gasteiger partial charge in [-0.2, -0.15) is 0 Å². The molecular weight excluding hydrogens is 1140 g/mol. The summed E-state index contributed by atoms with van der Waals surface area (Å²) in [6.07, 6.45) is 12.3. The van der Waals surface area contributed by atoms with Crippen molar-refractivity contribution in [1.82, 2.24) is 19.0 Å². The SMILES string of the molecule is CB1c2ccccc2C=C(C)N1c1ccc(C)c[n+]1C.CB1c2ccccc2C=C(C)N1c1cccc[n+]1C.CC1=c2ccccc2=C(C(C)(C)C)N(C)B1N1C(C)C(C)(C)CC1(C)C.CC1=c2ccccc2=C(C(C)(C)C)N(C)B1c1c[n+](-c2ccccc2)c(C)n1C. The highest BCUT2D eigenvalue weighted by Gasteiger charge is 2.55. The van der Waals surface area contributed by atoms with Crippen molar-refractivity contribution in [2.24, 2.45) is 37.4 Å². The van der Waals surface area contributed by atoms with Crippen molar-refractivity contribution in [2.75, 3.05) is 23.7 Å². The Hall–Kier alpha value is -8.01. The molecule has 13 rings (SSSR count). The number of aromatic nitrogens is 4. The summed E-state index contributed by atoms with van der Waals surface area (Å²) in [5.74, 6) is 3.67. The molecular formula is C81H106B4N9+3. The average molecular weight is 1250 g/mol. The predicted molar refractivity (Wildman–Crippen MR) is 405 cm³/mol. The molecule has 5 aromatic carbocycles. The first-order valence-electron chi connectivity index (χ1n) is 34.3. The van der Waals surface area contributed by atoms with Gasteiger partial charge in [0.05, 0.1) is 44.9 Å². The third kappa shape index (κ3) is 13.1. The molecule has 5 aliphatic heterocycles. The van der Waals surface area contributed by atoms with Crippen LogP contribution in [0.15, 0.2) is 188 Å². The molecule has 94 heavy (non-hydrogen) atoms. The first kappa shape index (κ1) is 68.8. The molecule has 0 saturated carbocycles. The minimum Gasteiger partial charge on any atom is -0.409 e. The third-order valence-electron chi connectivity index (χ3n) is 21.0. The summed E-state index contributed by atoms with van der Waals surface area (Å²) in [4.78, 5) is 12.6. The number of benzene rings is 5. The number of aryl methyl sites for hydroxylation is 3. The topological polar surface area (TPSA) is 32.8 Å². The number of nitrogens with zero attached hydrogens (tertiary/aromatic N) is 9. The van der Waals surface area contributed by atoms with Gasteiger partial charge in [-0.3, -0.25) is 9.62 Å². The molecule has 9 nitrogen and oxygen atoms in total. The van der Waals surface area contributed by atoms with E-state index in [-0.39, 0.29) is 23.2 Å². The Morgan fingerprint density at radius 3 is 1.45 bits per heavy atom. The summed E-state index contributed by atoms with van der Waals surface area (Å²) in [7, 11) is 10.9. The first-order chi connectivity index (χ1) is 44.3. The number of para-hydroxylation sites is 1. The lowest BCUT2D eigenvalue weighted by molar-refractivity contribution is -0.658. The number of fused-ring (bicyclic) bond motifs is 4. The van der Waals surface area contributed by atoms with Crippen LogP contribution >= 0.6 is 0 Å². The van der Waals surface area contributed by atoms with Gasteiger partial charge in [-0.25, -0.2) is 18.3 Å². The van der Waals surface area contributed by atoms with E-state index in [1.807, 2.05) is 0 Å². The van der Waals surface area contributed by atoms with Crippen LogP contribution in [0.4, 0.5) is 11.6 Å². The van der Waals surface area contributed by atoms with Crippen molar-refractivity contribution < 1.29 is 13.7 Å². The van der Waals surface area contributed by atoms with E-state index in [4.69, 9.17) is 0 Å². The summed E-state index contributed by atoms with van der Waals surface area (Å²) < 4.78 is 9.01. The molecule has 484 valence electrons. The van der Waals surface area contributed by atoms with Crippen LogP contribution in [0.5, 0.6) is 0 Å². The Balaban J connectivity index is 0.000000139. The van der Waals surface area contributed by atoms with Crippen LogP contribution in [0.25, 0.3) is 40.2 Å². The van der Waals surface area contributed by atoms with E-state index in [0.717, 1.165) is 0 Å². The van der Waals surface area contributed by atoms with Crippen LogP contribution in [-0.2, 0) is 21.1 Å². The largest absolute Gasteiger partial charge is 0.409 e. The summed E-state index contributed by atoms with van der Waals surface area (Å²) in [5, 5.41) is 5.55. The van der Waals surface area contributed by atoms with Crippen LogP contribution in [-0.4, -0.2) is 72.2 Å². The first-order valence-corrected chi connectivity index (χ1v) is 34.3. The van der Waals surface area contributed by atoms with Crippen LogP contribution in [0, 0.1) is 30.1 Å². The van der Waals surface area contributed by atoms with Crippen molar-refractivity contribution in [3.63, 3.8) is 0 Å². The fraction of sp³-hybridized carbons (Fsp3) is 0.370. The van der Waals surface area contributed by atoms with E-state index in [0.29, 0.717) is 32.1 Å². The van der Waals surface area contributed by atoms with E-state index in [1.54, 1.807) is 0 Å². The van der Waals surface area contributed by atoms with E-state index in [1.165, 1.54) is 117 Å². The maximum atomic E-state index is 2.78.